The average Bonchev–Trinajstić information content (AvgIpc) is 3.20. The standard InChI is InChI=1S/C20H26N6O2/c1-13(2)20-17(21-12-28-20)11-24-8-16(9-24)10-25-19(27)6-5-18(23-25)26-15(4)7-14(3)22-26/h5-7,12-13,16H,8-11H2,1-4H3. The van der Waals surface area contributed by atoms with Crippen LogP contribution in [0.15, 0.2) is 33.8 Å². The highest BCUT2D eigenvalue weighted by molar-refractivity contribution is 5.23. The number of aryl methyl sites for hydroxylation is 2. The van der Waals surface area contributed by atoms with E-state index in [1.54, 1.807) is 21.5 Å². The molecule has 1 fully saturated rings. The summed E-state index contributed by atoms with van der Waals surface area (Å²) in [5.74, 6) is 2.36. The van der Waals surface area contributed by atoms with Crippen LogP contribution in [0.25, 0.3) is 5.82 Å². The van der Waals surface area contributed by atoms with Crippen molar-refractivity contribution in [3.63, 3.8) is 0 Å². The van der Waals surface area contributed by atoms with Crippen molar-refractivity contribution in [1.29, 1.82) is 0 Å². The van der Waals surface area contributed by atoms with E-state index >= 15 is 0 Å². The lowest BCUT2D eigenvalue weighted by atomic mass is 9.99. The van der Waals surface area contributed by atoms with E-state index in [2.05, 4.69) is 33.9 Å². The van der Waals surface area contributed by atoms with Gasteiger partial charge >= 0.3 is 0 Å². The van der Waals surface area contributed by atoms with Crippen molar-refractivity contribution in [2.45, 2.75) is 46.7 Å². The lowest BCUT2D eigenvalue weighted by Crippen LogP contribution is -2.49. The van der Waals surface area contributed by atoms with E-state index in [0.29, 0.717) is 24.2 Å². The minimum absolute atomic E-state index is 0.0812. The Bertz CT molecular complexity index is 1030. The molecule has 28 heavy (non-hydrogen) atoms. The van der Waals surface area contributed by atoms with Crippen molar-refractivity contribution in [3.8, 4) is 5.82 Å². The highest BCUT2D eigenvalue weighted by atomic mass is 16.3. The third-order valence-corrected chi connectivity index (χ3v) is 5.11. The zero-order valence-corrected chi connectivity index (χ0v) is 16.8. The lowest BCUT2D eigenvalue weighted by molar-refractivity contribution is 0.0748. The van der Waals surface area contributed by atoms with Crippen LogP contribution < -0.4 is 5.56 Å². The molecule has 0 atom stereocenters. The van der Waals surface area contributed by atoms with Crippen molar-refractivity contribution in [2.75, 3.05) is 13.1 Å². The van der Waals surface area contributed by atoms with Gasteiger partial charge in [-0.15, -0.1) is 5.10 Å². The molecule has 3 aromatic rings. The van der Waals surface area contributed by atoms with Gasteiger partial charge in [-0.3, -0.25) is 9.69 Å². The molecule has 0 spiro atoms. The number of aromatic nitrogens is 5. The van der Waals surface area contributed by atoms with Gasteiger partial charge in [-0.1, -0.05) is 13.8 Å². The van der Waals surface area contributed by atoms with Gasteiger partial charge in [-0.25, -0.2) is 14.3 Å². The van der Waals surface area contributed by atoms with Crippen LogP contribution in [0.4, 0.5) is 0 Å². The Kier molecular flexibility index (Phi) is 4.89. The predicted molar refractivity (Wildman–Crippen MR) is 104 cm³/mol. The molecule has 0 unspecified atom stereocenters. The van der Waals surface area contributed by atoms with E-state index in [0.717, 1.165) is 42.5 Å². The van der Waals surface area contributed by atoms with Crippen LogP contribution >= 0.6 is 0 Å². The summed E-state index contributed by atoms with van der Waals surface area (Å²) in [7, 11) is 0. The summed E-state index contributed by atoms with van der Waals surface area (Å²) >= 11 is 0. The van der Waals surface area contributed by atoms with Gasteiger partial charge < -0.3 is 4.42 Å². The Balaban J connectivity index is 1.41. The molecule has 0 bridgehead atoms. The molecule has 3 aromatic heterocycles. The van der Waals surface area contributed by atoms with Gasteiger partial charge in [0.15, 0.2) is 12.2 Å². The van der Waals surface area contributed by atoms with E-state index in [1.165, 1.54) is 6.39 Å². The number of likely N-dealkylation sites (tertiary alicyclic amines) is 1. The topological polar surface area (TPSA) is 82.0 Å². The maximum absolute atomic E-state index is 12.3. The zero-order chi connectivity index (χ0) is 19.8. The molecule has 1 saturated heterocycles. The van der Waals surface area contributed by atoms with Gasteiger partial charge in [-0.05, 0) is 26.0 Å². The van der Waals surface area contributed by atoms with Crippen LogP contribution in [-0.2, 0) is 13.1 Å². The molecular weight excluding hydrogens is 356 g/mol. The first-order valence-electron chi connectivity index (χ1n) is 9.67. The van der Waals surface area contributed by atoms with Crippen molar-refractivity contribution in [1.82, 2.24) is 29.4 Å². The first-order valence-corrected chi connectivity index (χ1v) is 9.67. The molecule has 148 valence electrons. The van der Waals surface area contributed by atoms with Crippen molar-refractivity contribution < 1.29 is 4.42 Å². The smallest absolute Gasteiger partial charge is 0.266 e. The first kappa shape index (κ1) is 18.6. The number of oxazole rings is 1. The van der Waals surface area contributed by atoms with Gasteiger partial charge in [0, 0.05) is 43.2 Å². The number of hydrogen-bond acceptors (Lipinski definition) is 6. The first-order chi connectivity index (χ1) is 13.4. The molecule has 8 nitrogen and oxygen atoms in total. The highest BCUT2D eigenvalue weighted by Crippen LogP contribution is 2.24. The monoisotopic (exact) mass is 382 g/mol. The van der Waals surface area contributed by atoms with Crippen LogP contribution in [0, 0.1) is 19.8 Å². The van der Waals surface area contributed by atoms with Crippen LogP contribution in [0.1, 0.15) is 42.6 Å². The quantitative estimate of drug-likeness (QED) is 0.651. The summed E-state index contributed by atoms with van der Waals surface area (Å²) in [4.78, 5) is 18.9. The second-order valence-corrected chi connectivity index (χ2v) is 7.93. The van der Waals surface area contributed by atoms with Crippen LogP contribution in [-0.4, -0.2) is 42.5 Å². The Morgan fingerprint density at radius 3 is 2.68 bits per heavy atom. The summed E-state index contributed by atoms with van der Waals surface area (Å²) < 4.78 is 8.83. The molecule has 4 heterocycles. The molecule has 1 aliphatic rings. The highest BCUT2D eigenvalue weighted by Gasteiger charge is 2.29. The number of hydrogen-bond donors (Lipinski definition) is 0. The van der Waals surface area contributed by atoms with E-state index in [4.69, 9.17) is 4.42 Å². The molecule has 0 amide bonds. The minimum atomic E-state index is -0.0812. The SMILES string of the molecule is Cc1cc(C)n(-c2ccc(=O)n(CC3CN(Cc4ncoc4C(C)C)C3)n2)n1. The van der Waals surface area contributed by atoms with Crippen LogP contribution in [0.3, 0.4) is 0 Å². The minimum Gasteiger partial charge on any atom is -0.448 e. The maximum Gasteiger partial charge on any atom is 0.266 e. The van der Waals surface area contributed by atoms with Gasteiger partial charge in [0.1, 0.15) is 5.76 Å². The van der Waals surface area contributed by atoms with Gasteiger partial charge in [0.2, 0.25) is 0 Å². The largest absolute Gasteiger partial charge is 0.448 e. The van der Waals surface area contributed by atoms with Crippen molar-refractivity contribution in [2.24, 2.45) is 5.92 Å². The van der Waals surface area contributed by atoms with Crippen LogP contribution in [0.2, 0.25) is 0 Å². The summed E-state index contributed by atoms with van der Waals surface area (Å²) in [5, 5.41) is 8.99. The normalized spacial score (nSPS) is 15.3. The molecule has 1 aliphatic heterocycles. The third kappa shape index (κ3) is 3.64. The Hall–Kier alpha value is -2.74. The summed E-state index contributed by atoms with van der Waals surface area (Å²) in [6.45, 7) is 11.4. The molecule has 0 saturated carbocycles. The van der Waals surface area contributed by atoms with E-state index in [9.17, 15) is 4.79 Å². The fraction of sp³-hybridized carbons (Fsp3) is 0.500. The Morgan fingerprint density at radius 2 is 2.00 bits per heavy atom. The molecule has 0 aromatic carbocycles. The predicted octanol–water partition coefficient (Wildman–Crippen LogP) is 2.29. The van der Waals surface area contributed by atoms with E-state index < -0.39 is 0 Å². The average molecular weight is 382 g/mol. The number of rotatable bonds is 6. The number of nitrogens with zero attached hydrogens (tertiary/aromatic N) is 6. The Morgan fingerprint density at radius 1 is 1.21 bits per heavy atom. The fourth-order valence-electron chi connectivity index (χ4n) is 3.79. The summed E-state index contributed by atoms with van der Waals surface area (Å²) in [6, 6.07) is 5.29. The van der Waals surface area contributed by atoms with Gasteiger partial charge in [0.25, 0.3) is 5.56 Å². The zero-order valence-electron chi connectivity index (χ0n) is 16.8. The van der Waals surface area contributed by atoms with Gasteiger partial charge in [-0.2, -0.15) is 5.10 Å². The van der Waals surface area contributed by atoms with E-state index in [1.807, 2.05) is 19.9 Å². The molecule has 8 heteroatoms. The Labute approximate surface area is 163 Å². The molecule has 0 radical (unpaired) electrons. The summed E-state index contributed by atoms with van der Waals surface area (Å²) in [5.41, 5.74) is 2.86. The lowest BCUT2D eigenvalue weighted by Gasteiger charge is -2.38. The molecular formula is C20H26N6O2. The van der Waals surface area contributed by atoms with Crippen LogP contribution in [0.5, 0.6) is 0 Å². The molecule has 0 N–H and O–H groups in total. The van der Waals surface area contributed by atoms with Crippen molar-refractivity contribution >= 4 is 0 Å². The fourth-order valence-corrected chi connectivity index (χ4v) is 3.79. The maximum atomic E-state index is 12.3. The van der Waals surface area contributed by atoms with Crippen molar-refractivity contribution in [3.05, 3.63) is 57.8 Å². The summed E-state index contributed by atoms with van der Waals surface area (Å²) in [6.07, 6.45) is 1.52. The second-order valence-electron chi connectivity index (χ2n) is 7.93. The van der Waals surface area contributed by atoms with E-state index in [-0.39, 0.29) is 5.56 Å². The third-order valence-electron chi connectivity index (χ3n) is 5.11. The molecule has 0 aliphatic carbocycles. The molecule has 4 rings (SSSR count). The van der Waals surface area contributed by atoms with Gasteiger partial charge in [0.05, 0.1) is 17.9 Å². The second kappa shape index (κ2) is 7.35.